The molecule has 0 aliphatic rings. The first-order chi connectivity index (χ1) is 9.49. The van der Waals surface area contributed by atoms with Crippen molar-refractivity contribution in [3.05, 3.63) is 47.9 Å². The molecule has 106 valence electrons. The Morgan fingerprint density at radius 1 is 1.20 bits per heavy atom. The van der Waals surface area contributed by atoms with E-state index in [0.717, 1.165) is 18.0 Å². The molecule has 4 nitrogen and oxygen atoms in total. The SMILES string of the molecule is COc1cccc(CNc2cc(C(F)(F)F)ncn2)c1. The fourth-order valence-electron chi connectivity index (χ4n) is 1.58. The summed E-state index contributed by atoms with van der Waals surface area (Å²) in [7, 11) is 1.55. The van der Waals surface area contributed by atoms with Gasteiger partial charge in [0.05, 0.1) is 7.11 Å². The monoisotopic (exact) mass is 283 g/mol. The summed E-state index contributed by atoms with van der Waals surface area (Å²) in [5, 5.41) is 2.82. The fraction of sp³-hybridized carbons (Fsp3) is 0.231. The minimum absolute atomic E-state index is 0.121. The molecule has 1 heterocycles. The van der Waals surface area contributed by atoms with E-state index >= 15 is 0 Å². The van der Waals surface area contributed by atoms with Gasteiger partial charge in [0.1, 0.15) is 23.6 Å². The Morgan fingerprint density at radius 2 is 2.00 bits per heavy atom. The second-order valence-electron chi connectivity index (χ2n) is 3.99. The van der Waals surface area contributed by atoms with Gasteiger partial charge in [-0.05, 0) is 17.7 Å². The number of hydrogen-bond acceptors (Lipinski definition) is 4. The van der Waals surface area contributed by atoms with Crippen molar-refractivity contribution in [2.75, 3.05) is 12.4 Å². The van der Waals surface area contributed by atoms with E-state index in [2.05, 4.69) is 15.3 Å². The molecule has 20 heavy (non-hydrogen) atoms. The number of anilines is 1. The summed E-state index contributed by atoms with van der Waals surface area (Å²) in [6.45, 7) is 0.339. The van der Waals surface area contributed by atoms with Crippen molar-refractivity contribution in [2.45, 2.75) is 12.7 Å². The summed E-state index contributed by atoms with van der Waals surface area (Å²) >= 11 is 0. The van der Waals surface area contributed by atoms with Crippen LogP contribution in [0, 0.1) is 0 Å². The minimum atomic E-state index is -4.48. The summed E-state index contributed by atoms with van der Waals surface area (Å²) in [6.07, 6.45) is -3.59. The average molecular weight is 283 g/mol. The van der Waals surface area contributed by atoms with Crippen LogP contribution in [0.15, 0.2) is 36.7 Å². The Balaban J connectivity index is 2.07. The topological polar surface area (TPSA) is 47.0 Å². The van der Waals surface area contributed by atoms with E-state index in [0.29, 0.717) is 12.3 Å². The second kappa shape index (κ2) is 5.77. The smallest absolute Gasteiger partial charge is 0.433 e. The summed E-state index contributed by atoms with van der Waals surface area (Å²) in [5.41, 5.74) is -0.0998. The predicted molar refractivity (Wildman–Crippen MR) is 67.4 cm³/mol. The van der Waals surface area contributed by atoms with Crippen LogP contribution in [0.1, 0.15) is 11.3 Å². The Morgan fingerprint density at radius 3 is 2.70 bits per heavy atom. The molecule has 0 atom stereocenters. The highest BCUT2D eigenvalue weighted by atomic mass is 19.4. The first kappa shape index (κ1) is 14.1. The van der Waals surface area contributed by atoms with Crippen molar-refractivity contribution < 1.29 is 17.9 Å². The van der Waals surface area contributed by atoms with E-state index in [-0.39, 0.29) is 5.82 Å². The quantitative estimate of drug-likeness (QED) is 0.936. The van der Waals surface area contributed by atoms with Crippen LogP contribution in [0.5, 0.6) is 5.75 Å². The molecule has 0 fully saturated rings. The minimum Gasteiger partial charge on any atom is -0.497 e. The van der Waals surface area contributed by atoms with Crippen molar-refractivity contribution in [1.29, 1.82) is 0 Å². The number of benzene rings is 1. The zero-order valence-electron chi connectivity index (χ0n) is 10.6. The zero-order valence-corrected chi connectivity index (χ0v) is 10.6. The van der Waals surface area contributed by atoms with Gasteiger partial charge in [-0.3, -0.25) is 0 Å². The van der Waals surface area contributed by atoms with Crippen LogP contribution in [0.4, 0.5) is 19.0 Å². The van der Waals surface area contributed by atoms with Crippen molar-refractivity contribution in [3.8, 4) is 5.75 Å². The van der Waals surface area contributed by atoms with E-state index in [1.54, 1.807) is 25.3 Å². The van der Waals surface area contributed by atoms with Crippen LogP contribution >= 0.6 is 0 Å². The number of hydrogen-bond donors (Lipinski definition) is 1. The lowest BCUT2D eigenvalue weighted by molar-refractivity contribution is -0.141. The van der Waals surface area contributed by atoms with Gasteiger partial charge in [-0.15, -0.1) is 0 Å². The number of rotatable bonds is 4. The van der Waals surface area contributed by atoms with Crippen LogP contribution in [0.3, 0.4) is 0 Å². The number of nitrogens with one attached hydrogen (secondary N) is 1. The molecule has 7 heteroatoms. The third kappa shape index (κ3) is 3.59. The van der Waals surface area contributed by atoms with Gasteiger partial charge in [0.25, 0.3) is 0 Å². The number of ether oxygens (including phenoxy) is 1. The molecule has 2 rings (SSSR count). The third-order valence-corrected chi connectivity index (χ3v) is 2.57. The summed E-state index contributed by atoms with van der Waals surface area (Å²) < 4.78 is 42.6. The largest absolute Gasteiger partial charge is 0.497 e. The molecule has 0 aliphatic carbocycles. The standard InChI is InChI=1S/C13H12F3N3O/c1-20-10-4-2-3-9(5-10)7-17-12-6-11(13(14,15)16)18-8-19-12/h2-6,8H,7H2,1H3,(H,17,18,19). The third-order valence-electron chi connectivity index (χ3n) is 2.57. The maximum atomic E-state index is 12.5. The number of methoxy groups -OCH3 is 1. The average Bonchev–Trinajstić information content (AvgIpc) is 2.45. The lowest BCUT2D eigenvalue weighted by Crippen LogP contribution is -2.10. The van der Waals surface area contributed by atoms with Crippen LogP contribution in [-0.4, -0.2) is 17.1 Å². The summed E-state index contributed by atoms with van der Waals surface area (Å²) in [6, 6.07) is 8.09. The Kier molecular flexibility index (Phi) is 4.07. The molecular formula is C13H12F3N3O. The molecule has 0 unspecified atom stereocenters. The van der Waals surface area contributed by atoms with Gasteiger partial charge in [0, 0.05) is 12.6 Å². The molecule has 1 N–H and O–H groups in total. The molecule has 1 aromatic heterocycles. The van der Waals surface area contributed by atoms with Crippen molar-refractivity contribution >= 4 is 5.82 Å². The van der Waals surface area contributed by atoms with E-state index in [4.69, 9.17) is 4.74 Å². The Bertz CT molecular complexity index is 587. The van der Waals surface area contributed by atoms with Gasteiger partial charge in [0.15, 0.2) is 0 Å². The lowest BCUT2D eigenvalue weighted by Gasteiger charge is -2.09. The maximum Gasteiger partial charge on any atom is 0.433 e. The number of halogens is 3. The molecule has 0 saturated carbocycles. The molecule has 0 amide bonds. The predicted octanol–water partition coefficient (Wildman–Crippen LogP) is 3.12. The van der Waals surface area contributed by atoms with Crippen LogP contribution in [0.25, 0.3) is 0 Å². The van der Waals surface area contributed by atoms with Crippen molar-refractivity contribution in [2.24, 2.45) is 0 Å². The molecule has 0 bridgehead atoms. The number of nitrogens with zero attached hydrogens (tertiary/aromatic N) is 2. The van der Waals surface area contributed by atoms with Crippen LogP contribution in [0.2, 0.25) is 0 Å². The number of aromatic nitrogens is 2. The summed E-state index contributed by atoms with van der Waals surface area (Å²) in [4.78, 5) is 6.95. The Hall–Kier alpha value is -2.31. The van der Waals surface area contributed by atoms with E-state index < -0.39 is 11.9 Å². The van der Waals surface area contributed by atoms with E-state index in [1.807, 2.05) is 6.07 Å². The van der Waals surface area contributed by atoms with Gasteiger partial charge in [-0.2, -0.15) is 13.2 Å². The van der Waals surface area contributed by atoms with Gasteiger partial charge in [-0.25, -0.2) is 9.97 Å². The van der Waals surface area contributed by atoms with E-state index in [1.165, 1.54) is 0 Å². The van der Waals surface area contributed by atoms with Gasteiger partial charge in [0.2, 0.25) is 0 Å². The normalized spacial score (nSPS) is 11.2. The molecular weight excluding hydrogens is 271 g/mol. The second-order valence-corrected chi connectivity index (χ2v) is 3.99. The van der Waals surface area contributed by atoms with Crippen molar-refractivity contribution in [1.82, 2.24) is 9.97 Å². The molecule has 2 aromatic rings. The first-order valence-electron chi connectivity index (χ1n) is 5.75. The van der Waals surface area contributed by atoms with Crippen molar-refractivity contribution in [3.63, 3.8) is 0 Å². The highest BCUT2D eigenvalue weighted by molar-refractivity contribution is 5.38. The highest BCUT2D eigenvalue weighted by Crippen LogP contribution is 2.28. The molecule has 0 aliphatic heterocycles. The van der Waals surface area contributed by atoms with Gasteiger partial charge < -0.3 is 10.1 Å². The Labute approximate surface area is 113 Å². The maximum absolute atomic E-state index is 12.5. The van der Waals surface area contributed by atoms with Gasteiger partial charge >= 0.3 is 6.18 Å². The molecule has 0 radical (unpaired) electrons. The molecule has 1 aromatic carbocycles. The molecule has 0 spiro atoms. The molecule has 0 saturated heterocycles. The summed E-state index contributed by atoms with van der Waals surface area (Å²) in [5.74, 6) is 0.804. The fourth-order valence-corrected chi connectivity index (χ4v) is 1.58. The van der Waals surface area contributed by atoms with Crippen LogP contribution < -0.4 is 10.1 Å². The zero-order chi connectivity index (χ0) is 14.6. The highest BCUT2D eigenvalue weighted by Gasteiger charge is 2.32. The first-order valence-corrected chi connectivity index (χ1v) is 5.75. The number of alkyl halides is 3. The van der Waals surface area contributed by atoms with Crippen LogP contribution in [-0.2, 0) is 12.7 Å². The lowest BCUT2D eigenvalue weighted by atomic mass is 10.2. The van der Waals surface area contributed by atoms with Gasteiger partial charge in [-0.1, -0.05) is 12.1 Å². The van der Waals surface area contributed by atoms with E-state index in [9.17, 15) is 13.2 Å².